The van der Waals surface area contributed by atoms with Crippen molar-refractivity contribution in [1.82, 2.24) is 9.80 Å². The molecule has 1 fully saturated rings. The monoisotopic (exact) mass is 350 g/mol. The first-order chi connectivity index (χ1) is 12.7. The molecule has 0 aromatic heterocycles. The summed E-state index contributed by atoms with van der Waals surface area (Å²) < 4.78 is 6.16. The second-order valence-electron chi connectivity index (χ2n) is 6.64. The third-order valence-corrected chi connectivity index (χ3v) is 4.95. The SMILES string of the molecule is O=C(O)CCN1CCN(C2=Cc3ccccc3Oc3ccccc32)CC1. The molecule has 134 valence electrons. The van der Waals surface area contributed by atoms with Gasteiger partial charge in [0.2, 0.25) is 0 Å². The van der Waals surface area contributed by atoms with E-state index in [1.54, 1.807) is 0 Å². The summed E-state index contributed by atoms with van der Waals surface area (Å²) in [5, 5.41) is 8.87. The Labute approximate surface area is 153 Å². The number of carbonyl (C=O) groups is 1. The maximum Gasteiger partial charge on any atom is 0.304 e. The summed E-state index contributed by atoms with van der Waals surface area (Å²) >= 11 is 0. The minimum absolute atomic E-state index is 0.201. The Morgan fingerprint density at radius 3 is 2.42 bits per heavy atom. The number of piperazine rings is 1. The van der Waals surface area contributed by atoms with Crippen LogP contribution in [0.15, 0.2) is 48.5 Å². The summed E-state index contributed by atoms with van der Waals surface area (Å²) in [6.07, 6.45) is 2.40. The zero-order chi connectivity index (χ0) is 17.9. The first-order valence-corrected chi connectivity index (χ1v) is 8.98. The lowest BCUT2D eigenvalue weighted by atomic mass is 10.1. The number of ether oxygens (including phenoxy) is 1. The van der Waals surface area contributed by atoms with Crippen molar-refractivity contribution in [2.75, 3.05) is 32.7 Å². The first-order valence-electron chi connectivity index (χ1n) is 8.98. The topological polar surface area (TPSA) is 53.0 Å². The molecule has 2 aromatic carbocycles. The minimum atomic E-state index is -0.735. The van der Waals surface area contributed by atoms with Gasteiger partial charge in [0.15, 0.2) is 0 Å². The van der Waals surface area contributed by atoms with E-state index in [1.165, 1.54) is 5.70 Å². The van der Waals surface area contributed by atoms with Crippen molar-refractivity contribution < 1.29 is 14.6 Å². The fraction of sp³-hybridized carbons (Fsp3) is 0.286. The zero-order valence-electron chi connectivity index (χ0n) is 14.6. The van der Waals surface area contributed by atoms with E-state index in [0.717, 1.165) is 48.8 Å². The minimum Gasteiger partial charge on any atom is -0.481 e. The summed E-state index contributed by atoms with van der Waals surface area (Å²) in [7, 11) is 0. The van der Waals surface area contributed by atoms with Crippen molar-refractivity contribution in [1.29, 1.82) is 0 Å². The highest BCUT2D eigenvalue weighted by Gasteiger charge is 2.24. The molecule has 1 N–H and O–H groups in total. The van der Waals surface area contributed by atoms with Crippen LogP contribution >= 0.6 is 0 Å². The Bertz CT molecular complexity index is 839. The van der Waals surface area contributed by atoms with Gasteiger partial charge in [-0.15, -0.1) is 0 Å². The molecule has 0 spiro atoms. The number of hydrogen-bond acceptors (Lipinski definition) is 4. The molecule has 0 atom stereocenters. The van der Waals surface area contributed by atoms with Crippen molar-refractivity contribution in [2.45, 2.75) is 6.42 Å². The number of carboxylic acids is 1. The summed E-state index contributed by atoms with van der Waals surface area (Å²) in [5.74, 6) is 1.01. The highest BCUT2D eigenvalue weighted by molar-refractivity contribution is 5.86. The molecule has 5 nitrogen and oxygen atoms in total. The molecule has 2 heterocycles. The second kappa shape index (κ2) is 7.22. The van der Waals surface area contributed by atoms with Gasteiger partial charge in [0.1, 0.15) is 11.5 Å². The normalized spacial score (nSPS) is 16.8. The van der Waals surface area contributed by atoms with E-state index in [2.05, 4.69) is 28.0 Å². The molecule has 2 aliphatic heterocycles. The van der Waals surface area contributed by atoms with Crippen LogP contribution in [0.2, 0.25) is 0 Å². The predicted octanol–water partition coefficient (Wildman–Crippen LogP) is 3.38. The molecule has 1 saturated heterocycles. The molecule has 2 aromatic rings. The van der Waals surface area contributed by atoms with Gasteiger partial charge in [-0.1, -0.05) is 30.3 Å². The third-order valence-electron chi connectivity index (χ3n) is 4.95. The van der Waals surface area contributed by atoms with Crippen molar-refractivity contribution in [3.8, 4) is 11.5 Å². The van der Waals surface area contributed by atoms with Crippen LogP contribution in [0.5, 0.6) is 11.5 Å². The Kier molecular flexibility index (Phi) is 4.63. The van der Waals surface area contributed by atoms with E-state index in [1.807, 2.05) is 36.4 Å². The molecule has 2 aliphatic rings. The van der Waals surface area contributed by atoms with Crippen LogP contribution in [0.1, 0.15) is 17.5 Å². The molecular formula is C21H22N2O3. The number of benzene rings is 2. The lowest BCUT2D eigenvalue weighted by Crippen LogP contribution is -2.45. The fourth-order valence-corrected chi connectivity index (χ4v) is 3.53. The second-order valence-corrected chi connectivity index (χ2v) is 6.64. The van der Waals surface area contributed by atoms with E-state index < -0.39 is 5.97 Å². The molecule has 0 saturated carbocycles. The van der Waals surface area contributed by atoms with Crippen molar-refractivity contribution >= 4 is 17.7 Å². The van der Waals surface area contributed by atoms with Crippen LogP contribution in [0, 0.1) is 0 Å². The van der Waals surface area contributed by atoms with E-state index in [0.29, 0.717) is 6.54 Å². The van der Waals surface area contributed by atoms with E-state index >= 15 is 0 Å². The lowest BCUT2D eigenvalue weighted by molar-refractivity contribution is -0.137. The van der Waals surface area contributed by atoms with Gasteiger partial charge in [0.05, 0.1) is 6.42 Å². The van der Waals surface area contributed by atoms with Gasteiger partial charge in [-0.2, -0.15) is 0 Å². The molecule has 0 radical (unpaired) electrons. The Morgan fingerprint density at radius 2 is 1.65 bits per heavy atom. The van der Waals surface area contributed by atoms with Crippen LogP contribution in [0.3, 0.4) is 0 Å². The molecule has 26 heavy (non-hydrogen) atoms. The zero-order valence-corrected chi connectivity index (χ0v) is 14.6. The summed E-state index contributed by atoms with van der Waals surface area (Å²) in [6.45, 7) is 4.11. The van der Waals surface area contributed by atoms with Crippen LogP contribution in [-0.4, -0.2) is 53.6 Å². The van der Waals surface area contributed by atoms with Gasteiger partial charge in [-0.3, -0.25) is 9.69 Å². The number of aliphatic carboxylic acids is 1. The van der Waals surface area contributed by atoms with Gasteiger partial charge in [0, 0.05) is 49.5 Å². The maximum atomic E-state index is 10.8. The van der Waals surface area contributed by atoms with Gasteiger partial charge in [-0.05, 0) is 24.3 Å². The summed E-state index contributed by atoms with van der Waals surface area (Å²) in [5.41, 5.74) is 3.35. The maximum absolute atomic E-state index is 10.8. The van der Waals surface area contributed by atoms with E-state index in [9.17, 15) is 4.79 Å². The van der Waals surface area contributed by atoms with Gasteiger partial charge < -0.3 is 14.7 Å². The molecular weight excluding hydrogens is 328 g/mol. The Balaban J connectivity index is 1.59. The summed E-state index contributed by atoms with van der Waals surface area (Å²) in [4.78, 5) is 15.4. The van der Waals surface area contributed by atoms with E-state index in [4.69, 9.17) is 9.84 Å². The quantitative estimate of drug-likeness (QED) is 0.916. The Hall–Kier alpha value is -2.79. The largest absolute Gasteiger partial charge is 0.481 e. The molecule has 0 aliphatic carbocycles. The van der Waals surface area contributed by atoms with Gasteiger partial charge >= 0.3 is 5.97 Å². The number of nitrogens with zero attached hydrogens (tertiary/aromatic N) is 2. The molecule has 0 bridgehead atoms. The highest BCUT2D eigenvalue weighted by atomic mass is 16.5. The fourth-order valence-electron chi connectivity index (χ4n) is 3.53. The Morgan fingerprint density at radius 1 is 0.962 bits per heavy atom. The van der Waals surface area contributed by atoms with Gasteiger partial charge in [-0.25, -0.2) is 0 Å². The van der Waals surface area contributed by atoms with Crippen LogP contribution in [-0.2, 0) is 4.79 Å². The average molecular weight is 350 g/mol. The number of hydrogen-bond donors (Lipinski definition) is 1. The van der Waals surface area contributed by atoms with Crippen LogP contribution in [0.4, 0.5) is 0 Å². The standard InChI is InChI=1S/C21H22N2O3/c24-21(25)9-10-22-11-13-23(14-12-22)18-15-16-5-1-3-7-19(16)26-20-8-4-2-6-17(18)20/h1-8,15H,9-14H2,(H,24,25). The van der Waals surface area contributed by atoms with Crippen molar-refractivity contribution in [3.05, 3.63) is 59.7 Å². The summed E-state index contributed by atoms with van der Waals surface area (Å²) in [6, 6.07) is 16.2. The third kappa shape index (κ3) is 3.44. The predicted molar refractivity (Wildman–Crippen MR) is 101 cm³/mol. The molecule has 0 unspecified atom stereocenters. The van der Waals surface area contributed by atoms with Crippen molar-refractivity contribution in [3.63, 3.8) is 0 Å². The number of para-hydroxylation sites is 2. The highest BCUT2D eigenvalue weighted by Crippen LogP contribution is 2.39. The first kappa shape index (κ1) is 16.7. The molecule has 4 rings (SSSR count). The molecule has 0 amide bonds. The van der Waals surface area contributed by atoms with Crippen LogP contribution in [0.25, 0.3) is 11.8 Å². The van der Waals surface area contributed by atoms with Crippen LogP contribution < -0.4 is 4.74 Å². The lowest BCUT2D eigenvalue weighted by Gasteiger charge is -2.37. The van der Waals surface area contributed by atoms with Crippen molar-refractivity contribution in [2.24, 2.45) is 0 Å². The van der Waals surface area contributed by atoms with Gasteiger partial charge in [0.25, 0.3) is 0 Å². The number of carboxylic acid groups (broad SMARTS) is 1. The number of fused-ring (bicyclic) bond motifs is 2. The smallest absolute Gasteiger partial charge is 0.304 e. The average Bonchev–Trinajstić information content (AvgIpc) is 2.83. The molecule has 5 heteroatoms. The number of rotatable bonds is 4. The van der Waals surface area contributed by atoms with E-state index in [-0.39, 0.29) is 6.42 Å².